The van der Waals surface area contributed by atoms with Crippen molar-refractivity contribution in [3.8, 4) is 11.5 Å². The van der Waals surface area contributed by atoms with Gasteiger partial charge >= 0.3 is 0 Å². The Kier molecular flexibility index (Phi) is 6.34. The Morgan fingerprint density at radius 1 is 0.960 bits per heavy atom. The van der Waals surface area contributed by atoms with E-state index in [4.69, 9.17) is 44.3 Å². The molecule has 1 saturated carbocycles. The van der Waals surface area contributed by atoms with E-state index in [0.29, 0.717) is 45.8 Å². The molecule has 0 heterocycles. The summed E-state index contributed by atoms with van der Waals surface area (Å²) in [7, 11) is 0. The van der Waals surface area contributed by atoms with Crippen LogP contribution in [0.4, 0.5) is 0 Å². The molecule has 134 valence electrons. The van der Waals surface area contributed by atoms with Crippen molar-refractivity contribution in [1.29, 1.82) is 0 Å². The van der Waals surface area contributed by atoms with E-state index in [2.05, 4.69) is 5.32 Å². The summed E-state index contributed by atoms with van der Waals surface area (Å²) >= 11 is 18.5. The predicted molar refractivity (Wildman–Crippen MR) is 103 cm³/mol. The SMILES string of the molecule is CCOc1cc(CNC2CC2)c(Cl)cc1OCc1ccc(Cl)cc1Cl. The second kappa shape index (κ2) is 8.50. The minimum atomic E-state index is 0.312. The zero-order valence-electron chi connectivity index (χ0n) is 14.0. The first-order valence-corrected chi connectivity index (χ1v) is 9.45. The highest BCUT2D eigenvalue weighted by atomic mass is 35.5. The molecule has 0 aliphatic heterocycles. The van der Waals surface area contributed by atoms with Crippen molar-refractivity contribution in [1.82, 2.24) is 5.32 Å². The lowest BCUT2D eigenvalue weighted by molar-refractivity contribution is 0.269. The van der Waals surface area contributed by atoms with Gasteiger partial charge in [-0.15, -0.1) is 0 Å². The Morgan fingerprint density at radius 2 is 1.68 bits per heavy atom. The van der Waals surface area contributed by atoms with Gasteiger partial charge in [-0.1, -0.05) is 40.9 Å². The van der Waals surface area contributed by atoms with Gasteiger partial charge < -0.3 is 14.8 Å². The summed E-state index contributed by atoms with van der Waals surface area (Å²) in [6, 6.07) is 9.70. The fraction of sp³-hybridized carbons (Fsp3) is 0.368. The Balaban J connectivity index is 1.75. The maximum atomic E-state index is 6.42. The standard InChI is InChI=1S/C19H20Cl3NO2/c1-2-24-18-7-13(10-23-15-5-6-15)17(22)9-19(18)25-11-12-3-4-14(20)8-16(12)21/h3-4,7-9,15,23H,2,5-6,10-11H2,1H3. The van der Waals surface area contributed by atoms with Gasteiger partial charge in [-0.3, -0.25) is 0 Å². The van der Waals surface area contributed by atoms with Crippen molar-refractivity contribution < 1.29 is 9.47 Å². The molecule has 0 radical (unpaired) electrons. The quantitative estimate of drug-likeness (QED) is 0.600. The highest BCUT2D eigenvalue weighted by molar-refractivity contribution is 6.35. The summed E-state index contributed by atoms with van der Waals surface area (Å²) in [5.74, 6) is 1.29. The predicted octanol–water partition coefficient (Wildman–Crippen LogP) is 5.88. The van der Waals surface area contributed by atoms with Crippen LogP contribution in [0.3, 0.4) is 0 Å². The molecule has 1 aliphatic rings. The van der Waals surface area contributed by atoms with Crippen LogP contribution < -0.4 is 14.8 Å². The third kappa shape index (κ3) is 5.18. The average Bonchev–Trinajstić information content (AvgIpc) is 3.39. The first-order valence-electron chi connectivity index (χ1n) is 8.32. The fourth-order valence-corrected chi connectivity index (χ4v) is 3.11. The largest absolute Gasteiger partial charge is 0.490 e. The van der Waals surface area contributed by atoms with Crippen LogP contribution in [-0.4, -0.2) is 12.6 Å². The van der Waals surface area contributed by atoms with Crippen LogP contribution in [-0.2, 0) is 13.2 Å². The fourth-order valence-electron chi connectivity index (χ4n) is 2.43. The Bertz CT molecular complexity index is 748. The molecule has 0 aromatic heterocycles. The molecule has 3 rings (SSSR count). The summed E-state index contributed by atoms with van der Waals surface area (Å²) in [5.41, 5.74) is 1.86. The van der Waals surface area contributed by atoms with Crippen molar-refractivity contribution in [3.63, 3.8) is 0 Å². The Hall–Kier alpha value is -1.13. The molecular weight excluding hydrogens is 381 g/mol. The van der Waals surface area contributed by atoms with Gasteiger partial charge in [0.15, 0.2) is 11.5 Å². The maximum absolute atomic E-state index is 6.42. The number of ether oxygens (including phenoxy) is 2. The topological polar surface area (TPSA) is 30.5 Å². The lowest BCUT2D eigenvalue weighted by Gasteiger charge is -2.16. The van der Waals surface area contributed by atoms with Crippen molar-refractivity contribution in [2.24, 2.45) is 0 Å². The molecule has 1 aliphatic carbocycles. The van der Waals surface area contributed by atoms with Crippen molar-refractivity contribution in [2.75, 3.05) is 6.61 Å². The normalized spacial score (nSPS) is 13.8. The van der Waals surface area contributed by atoms with Gasteiger partial charge in [0, 0.05) is 39.3 Å². The van der Waals surface area contributed by atoms with Crippen LogP contribution in [0.1, 0.15) is 30.9 Å². The van der Waals surface area contributed by atoms with Gasteiger partial charge in [0.25, 0.3) is 0 Å². The maximum Gasteiger partial charge on any atom is 0.163 e. The molecule has 0 amide bonds. The average molecular weight is 401 g/mol. The molecule has 1 N–H and O–H groups in total. The lowest BCUT2D eigenvalue weighted by Crippen LogP contribution is -2.15. The van der Waals surface area contributed by atoms with Gasteiger partial charge in [-0.05, 0) is 43.5 Å². The van der Waals surface area contributed by atoms with Crippen molar-refractivity contribution in [3.05, 3.63) is 56.5 Å². The highest BCUT2D eigenvalue weighted by Crippen LogP contribution is 2.35. The summed E-state index contributed by atoms with van der Waals surface area (Å²) < 4.78 is 11.6. The number of halogens is 3. The van der Waals surface area contributed by atoms with E-state index in [-0.39, 0.29) is 0 Å². The lowest BCUT2D eigenvalue weighted by atomic mass is 10.2. The van der Waals surface area contributed by atoms with Crippen LogP contribution >= 0.6 is 34.8 Å². The molecule has 0 unspecified atom stereocenters. The smallest absolute Gasteiger partial charge is 0.163 e. The first-order chi connectivity index (χ1) is 12.1. The van der Waals surface area contributed by atoms with Crippen LogP contribution in [0.2, 0.25) is 15.1 Å². The Morgan fingerprint density at radius 3 is 2.36 bits per heavy atom. The second-order valence-corrected chi connectivity index (χ2v) is 7.25. The monoisotopic (exact) mass is 399 g/mol. The van der Waals surface area contributed by atoms with Crippen LogP contribution in [0, 0.1) is 0 Å². The molecule has 1 fully saturated rings. The van der Waals surface area contributed by atoms with Crippen LogP contribution in [0.5, 0.6) is 11.5 Å². The molecule has 0 atom stereocenters. The summed E-state index contributed by atoms with van der Waals surface area (Å²) in [5, 5.41) is 5.29. The zero-order chi connectivity index (χ0) is 17.8. The number of rotatable bonds is 8. The molecule has 0 saturated heterocycles. The molecular formula is C19H20Cl3NO2. The highest BCUT2D eigenvalue weighted by Gasteiger charge is 2.21. The molecule has 25 heavy (non-hydrogen) atoms. The molecule has 2 aromatic rings. The second-order valence-electron chi connectivity index (χ2n) is 6.00. The van der Waals surface area contributed by atoms with E-state index in [1.54, 1.807) is 18.2 Å². The van der Waals surface area contributed by atoms with Crippen molar-refractivity contribution in [2.45, 2.75) is 39.0 Å². The van der Waals surface area contributed by atoms with Gasteiger partial charge in [0.1, 0.15) is 6.61 Å². The first kappa shape index (κ1) is 18.7. The van der Waals surface area contributed by atoms with E-state index in [0.717, 1.165) is 17.7 Å². The van der Waals surface area contributed by atoms with Gasteiger partial charge in [0.05, 0.1) is 6.61 Å². The van der Waals surface area contributed by atoms with E-state index in [1.807, 2.05) is 19.1 Å². The molecule has 2 aromatic carbocycles. The van der Waals surface area contributed by atoms with Gasteiger partial charge in [-0.25, -0.2) is 0 Å². The van der Waals surface area contributed by atoms with Gasteiger partial charge in [-0.2, -0.15) is 0 Å². The number of nitrogens with one attached hydrogen (secondary N) is 1. The van der Waals surface area contributed by atoms with Crippen LogP contribution in [0.25, 0.3) is 0 Å². The molecule has 0 spiro atoms. The third-order valence-corrected chi connectivity index (χ3v) is 4.91. The summed E-state index contributed by atoms with van der Waals surface area (Å²) in [6.07, 6.45) is 2.47. The Labute approximate surface area is 163 Å². The number of hydrogen-bond donors (Lipinski definition) is 1. The minimum Gasteiger partial charge on any atom is -0.490 e. The van der Waals surface area contributed by atoms with E-state index < -0.39 is 0 Å². The van der Waals surface area contributed by atoms with E-state index >= 15 is 0 Å². The third-order valence-electron chi connectivity index (χ3n) is 3.97. The minimum absolute atomic E-state index is 0.312. The summed E-state index contributed by atoms with van der Waals surface area (Å²) in [4.78, 5) is 0. The zero-order valence-corrected chi connectivity index (χ0v) is 16.2. The molecule has 0 bridgehead atoms. The summed E-state index contributed by atoms with van der Waals surface area (Å²) in [6.45, 7) is 3.53. The number of benzene rings is 2. The number of hydrogen-bond acceptors (Lipinski definition) is 3. The van der Waals surface area contributed by atoms with Crippen LogP contribution in [0.15, 0.2) is 30.3 Å². The van der Waals surface area contributed by atoms with Gasteiger partial charge in [0.2, 0.25) is 0 Å². The molecule has 6 heteroatoms. The molecule has 3 nitrogen and oxygen atoms in total. The van der Waals surface area contributed by atoms with E-state index in [9.17, 15) is 0 Å². The van der Waals surface area contributed by atoms with Crippen molar-refractivity contribution >= 4 is 34.8 Å². The van der Waals surface area contributed by atoms with E-state index in [1.165, 1.54) is 12.8 Å².